The van der Waals surface area contributed by atoms with E-state index in [1.807, 2.05) is 13.8 Å². The zero-order valence-corrected chi connectivity index (χ0v) is 9.51. The number of piperidine rings is 1. The molecular weight excluding hydrogens is 178 g/mol. The molecule has 3 heteroatoms. The summed E-state index contributed by atoms with van der Waals surface area (Å²) in [5.41, 5.74) is -0.258. The Morgan fingerprint density at radius 1 is 1.50 bits per heavy atom. The van der Waals surface area contributed by atoms with Crippen LogP contribution in [0.25, 0.3) is 0 Å². The van der Waals surface area contributed by atoms with Crippen molar-refractivity contribution in [3.05, 3.63) is 0 Å². The Balaban J connectivity index is 2.45. The van der Waals surface area contributed by atoms with Gasteiger partial charge in [0.05, 0.1) is 5.54 Å². The molecule has 0 aliphatic carbocycles. The quantitative estimate of drug-likeness (QED) is 0.642. The molecule has 0 aromatic carbocycles. The van der Waals surface area contributed by atoms with E-state index in [0.29, 0.717) is 5.78 Å². The van der Waals surface area contributed by atoms with Gasteiger partial charge in [-0.25, -0.2) is 0 Å². The Morgan fingerprint density at radius 2 is 2.21 bits per heavy atom. The summed E-state index contributed by atoms with van der Waals surface area (Å²) in [6.45, 7) is 6.85. The molecule has 82 valence electrons. The fourth-order valence-electron chi connectivity index (χ4n) is 1.98. The van der Waals surface area contributed by atoms with Crippen LogP contribution in [0, 0.1) is 0 Å². The number of ether oxygens (including phenoxy) is 1. The number of likely N-dealkylation sites (tertiary alicyclic amines) is 1. The fourth-order valence-corrected chi connectivity index (χ4v) is 1.98. The first kappa shape index (κ1) is 11.7. The van der Waals surface area contributed by atoms with Crippen LogP contribution < -0.4 is 0 Å². The average molecular weight is 199 g/mol. The molecular formula is C11H21NO2. The SMILES string of the molecule is COCCCN1CCCC(=O)C1(C)C. The predicted octanol–water partition coefficient (Wildman–Crippen LogP) is 1.47. The van der Waals surface area contributed by atoms with E-state index in [2.05, 4.69) is 4.90 Å². The molecule has 0 aromatic heterocycles. The standard InChI is InChI=1S/C11H21NO2/c1-11(2)10(13)6-4-7-12(11)8-5-9-14-3/h4-9H2,1-3H3. The molecule has 1 aliphatic heterocycles. The number of rotatable bonds is 4. The van der Waals surface area contributed by atoms with Gasteiger partial charge in [-0.15, -0.1) is 0 Å². The van der Waals surface area contributed by atoms with Crippen LogP contribution in [0.3, 0.4) is 0 Å². The summed E-state index contributed by atoms with van der Waals surface area (Å²) >= 11 is 0. The number of carbonyl (C=O) groups excluding carboxylic acids is 1. The lowest BCUT2D eigenvalue weighted by Crippen LogP contribution is -2.54. The molecule has 1 fully saturated rings. The van der Waals surface area contributed by atoms with E-state index >= 15 is 0 Å². The Hall–Kier alpha value is -0.410. The van der Waals surface area contributed by atoms with Gasteiger partial charge >= 0.3 is 0 Å². The second-order valence-corrected chi connectivity index (χ2v) is 4.42. The molecule has 0 aromatic rings. The first-order valence-corrected chi connectivity index (χ1v) is 5.36. The highest BCUT2D eigenvalue weighted by atomic mass is 16.5. The third kappa shape index (κ3) is 2.55. The van der Waals surface area contributed by atoms with Crippen LogP contribution in [0.5, 0.6) is 0 Å². The number of hydrogen-bond donors (Lipinski definition) is 0. The lowest BCUT2D eigenvalue weighted by Gasteiger charge is -2.41. The summed E-state index contributed by atoms with van der Waals surface area (Å²) in [6, 6.07) is 0. The molecule has 1 saturated heterocycles. The minimum absolute atomic E-state index is 0.258. The molecule has 0 saturated carbocycles. The highest BCUT2D eigenvalue weighted by Crippen LogP contribution is 2.23. The maximum Gasteiger partial charge on any atom is 0.152 e. The van der Waals surface area contributed by atoms with E-state index < -0.39 is 0 Å². The van der Waals surface area contributed by atoms with Gasteiger partial charge in [-0.1, -0.05) is 0 Å². The van der Waals surface area contributed by atoms with Gasteiger partial charge in [0.2, 0.25) is 0 Å². The van der Waals surface area contributed by atoms with Crippen LogP contribution in [0.2, 0.25) is 0 Å². The van der Waals surface area contributed by atoms with E-state index in [1.54, 1.807) is 7.11 Å². The van der Waals surface area contributed by atoms with E-state index in [9.17, 15) is 4.79 Å². The molecule has 0 radical (unpaired) electrons. The lowest BCUT2D eigenvalue weighted by molar-refractivity contribution is -0.132. The van der Waals surface area contributed by atoms with E-state index in [0.717, 1.165) is 39.0 Å². The van der Waals surface area contributed by atoms with Crippen LogP contribution in [0.15, 0.2) is 0 Å². The highest BCUT2D eigenvalue weighted by Gasteiger charge is 2.36. The molecule has 1 rings (SSSR count). The Bertz CT molecular complexity index is 201. The van der Waals surface area contributed by atoms with Crippen LogP contribution in [-0.4, -0.2) is 43.0 Å². The topological polar surface area (TPSA) is 29.5 Å². The van der Waals surface area contributed by atoms with Gasteiger partial charge in [0, 0.05) is 26.7 Å². The number of carbonyl (C=O) groups is 1. The van der Waals surface area contributed by atoms with Crippen molar-refractivity contribution in [3.63, 3.8) is 0 Å². The second-order valence-electron chi connectivity index (χ2n) is 4.42. The van der Waals surface area contributed by atoms with Gasteiger partial charge in [-0.2, -0.15) is 0 Å². The average Bonchev–Trinajstić information content (AvgIpc) is 2.13. The minimum Gasteiger partial charge on any atom is -0.385 e. The summed E-state index contributed by atoms with van der Waals surface area (Å²) in [5, 5.41) is 0. The first-order valence-electron chi connectivity index (χ1n) is 5.36. The molecule has 0 spiro atoms. The maximum atomic E-state index is 11.7. The highest BCUT2D eigenvalue weighted by molar-refractivity contribution is 5.88. The van der Waals surface area contributed by atoms with Crippen molar-refractivity contribution in [1.29, 1.82) is 0 Å². The van der Waals surface area contributed by atoms with Crippen LogP contribution >= 0.6 is 0 Å². The zero-order valence-electron chi connectivity index (χ0n) is 9.51. The smallest absolute Gasteiger partial charge is 0.152 e. The zero-order chi connectivity index (χ0) is 10.6. The van der Waals surface area contributed by atoms with Crippen LogP contribution in [-0.2, 0) is 9.53 Å². The van der Waals surface area contributed by atoms with Gasteiger partial charge < -0.3 is 4.74 Å². The summed E-state index contributed by atoms with van der Waals surface area (Å²) in [4.78, 5) is 14.0. The molecule has 0 bridgehead atoms. The maximum absolute atomic E-state index is 11.7. The van der Waals surface area contributed by atoms with E-state index in [1.165, 1.54) is 0 Å². The number of Topliss-reactive ketones (excluding diaryl/α,β-unsaturated/α-hetero) is 1. The number of ketones is 1. The monoisotopic (exact) mass is 199 g/mol. The lowest BCUT2D eigenvalue weighted by atomic mass is 9.89. The molecule has 0 atom stereocenters. The predicted molar refractivity (Wildman–Crippen MR) is 56.4 cm³/mol. The molecule has 1 heterocycles. The van der Waals surface area contributed by atoms with Crippen molar-refractivity contribution in [1.82, 2.24) is 4.90 Å². The third-order valence-electron chi connectivity index (χ3n) is 3.08. The van der Waals surface area contributed by atoms with E-state index in [-0.39, 0.29) is 5.54 Å². The summed E-state index contributed by atoms with van der Waals surface area (Å²) in [5.74, 6) is 0.376. The summed E-state index contributed by atoms with van der Waals surface area (Å²) in [6.07, 6.45) is 2.76. The van der Waals surface area contributed by atoms with Crippen molar-refractivity contribution in [3.8, 4) is 0 Å². The van der Waals surface area contributed by atoms with Crippen LogP contribution in [0.1, 0.15) is 33.1 Å². The third-order valence-corrected chi connectivity index (χ3v) is 3.08. The van der Waals surface area contributed by atoms with Crippen molar-refractivity contribution >= 4 is 5.78 Å². The number of methoxy groups -OCH3 is 1. The molecule has 3 nitrogen and oxygen atoms in total. The molecule has 0 amide bonds. The van der Waals surface area contributed by atoms with Gasteiger partial charge in [0.25, 0.3) is 0 Å². The first-order chi connectivity index (χ1) is 6.59. The molecule has 14 heavy (non-hydrogen) atoms. The summed E-state index contributed by atoms with van der Waals surface area (Å²) in [7, 11) is 1.71. The normalized spacial score (nSPS) is 22.6. The molecule has 1 aliphatic rings. The number of nitrogens with zero attached hydrogens (tertiary/aromatic N) is 1. The largest absolute Gasteiger partial charge is 0.385 e. The van der Waals surface area contributed by atoms with Gasteiger partial charge in [0.15, 0.2) is 5.78 Å². The van der Waals surface area contributed by atoms with Crippen molar-refractivity contribution in [2.75, 3.05) is 26.8 Å². The Labute approximate surface area is 86.4 Å². The van der Waals surface area contributed by atoms with Crippen molar-refractivity contribution in [2.24, 2.45) is 0 Å². The Kier molecular flexibility index (Phi) is 4.08. The second kappa shape index (κ2) is 4.89. The Morgan fingerprint density at radius 3 is 2.86 bits per heavy atom. The van der Waals surface area contributed by atoms with Gasteiger partial charge in [0.1, 0.15) is 0 Å². The van der Waals surface area contributed by atoms with Crippen molar-refractivity contribution in [2.45, 2.75) is 38.6 Å². The van der Waals surface area contributed by atoms with Gasteiger partial charge in [-0.3, -0.25) is 9.69 Å². The molecule has 0 N–H and O–H groups in total. The summed E-state index contributed by atoms with van der Waals surface area (Å²) < 4.78 is 5.02. The van der Waals surface area contributed by atoms with E-state index in [4.69, 9.17) is 4.74 Å². The van der Waals surface area contributed by atoms with Gasteiger partial charge in [-0.05, 0) is 33.2 Å². The number of hydrogen-bond acceptors (Lipinski definition) is 3. The minimum atomic E-state index is -0.258. The fraction of sp³-hybridized carbons (Fsp3) is 0.909. The van der Waals surface area contributed by atoms with Crippen LogP contribution in [0.4, 0.5) is 0 Å². The van der Waals surface area contributed by atoms with Crippen molar-refractivity contribution < 1.29 is 9.53 Å². The molecule has 0 unspecified atom stereocenters.